The molecular weight excluding hydrogens is 527 g/mol. The summed E-state index contributed by atoms with van der Waals surface area (Å²) in [6.45, 7) is 8.14. The van der Waals surface area contributed by atoms with Gasteiger partial charge in [-0.15, -0.1) is 0 Å². The van der Waals surface area contributed by atoms with Gasteiger partial charge in [0.1, 0.15) is 6.61 Å². The minimum atomic E-state index is -0.132. The van der Waals surface area contributed by atoms with Crippen LogP contribution in [-0.4, -0.2) is 83.1 Å². The van der Waals surface area contributed by atoms with Crippen molar-refractivity contribution in [3.8, 4) is 0 Å². The topological polar surface area (TPSA) is 72.5 Å². The van der Waals surface area contributed by atoms with E-state index in [1.807, 2.05) is 0 Å². The average molecular weight is 575 g/mol. The Bertz CT molecular complexity index is 372. The summed E-state index contributed by atoms with van der Waals surface area (Å²) in [5.41, 5.74) is 0. The SMILES string of the molecule is CCCCCCCC(=O)OCCOCCOCCOCCOCCOCCCCCCI. The molecule has 0 N–H and O–H groups in total. The molecule has 0 aliphatic rings. The first-order valence-electron chi connectivity index (χ1n) is 12.4. The lowest BCUT2D eigenvalue weighted by Gasteiger charge is -2.08. The van der Waals surface area contributed by atoms with Crippen molar-refractivity contribution < 1.29 is 33.2 Å². The second kappa shape index (κ2) is 29.0. The van der Waals surface area contributed by atoms with Crippen LogP contribution in [0.3, 0.4) is 0 Å². The van der Waals surface area contributed by atoms with Gasteiger partial charge in [-0.3, -0.25) is 4.79 Å². The number of ether oxygens (including phenoxy) is 6. The van der Waals surface area contributed by atoms with Crippen LogP contribution in [0.1, 0.15) is 71.1 Å². The molecule has 0 aromatic heterocycles. The van der Waals surface area contributed by atoms with Crippen LogP contribution >= 0.6 is 22.6 Å². The van der Waals surface area contributed by atoms with Gasteiger partial charge >= 0.3 is 5.97 Å². The van der Waals surface area contributed by atoms with Crippen molar-refractivity contribution in [2.24, 2.45) is 0 Å². The maximum absolute atomic E-state index is 11.5. The Balaban J connectivity index is 3.08. The molecule has 0 atom stereocenters. The number of hydrogen-bond acceptors (Lipinski definition) is 7. The number of carbonyl (C=O) groups is 1. The lowest BCUT2D eigenvalue weighted by Crippen LogP contribution is -2.15. The van der Waals surface area contributed by atoms with E-state index in [4.69, 9.17) is 28.4 Å². The van der Waals surface area contributed by atoms with Crippen molar-refractivity contribution >= 4 is 28.6 Å². The summed E-state index contributed by atoms with van der Waals surface area (Å²) in [4.78, 5) is 11.5. The molecule has 0 rings (SSSR count). The fourth-order valence-corrected chi connectivity index (χ4v) is 3.33. The minimum absolute atomic E-state index is 0.132. The molecule has 0 aromatic rings. The molecule has 0 heterocycles. The molecule has 0 aliphatic carbocycles. The molecule has 32 heavy (non-hydrogen) atoms. The van der Waals surface area contributed by atoms with Crippen molar-refractivity contribution in [1.82, 2.24) is 0 Å². The molecule has 0 aliphatic heterocycles. The fourth-order valence-electron chi connectivity index (χ4n) is 2.79. The third-order valence-electron chi connectivity index (χ3n) is 4.64. The molecule has 0 bridgehead atoms. The van der Waals surface area contributed by atoms with Gasteiger partial charge in [0.25, 0.3) is 0 Å². The van der Waals surface area contributed by atoms with E-state index in [0.29, 0.717) is 72.5 Å². The van der Waals surface area contributed by atoms with Crippen LogP contribution in [0.4, 0.5) is 0 Å². The Morgan fingerprint density at radius 1 is 0.531 bits per heavy atom. The number of esters is 1. The highest BCUT2D eigenvalue weighted by Crippen LogP contribution is 2.05. The first kappa shape index (κ1) is 32.0. The van der Waals surface area contributed by atoms with Crippen LogP contribution in [0.5, 0.6) is 0 Å². The van der Waals surface area contributed by atoms with Gasteiger partial charge in [0, 0.05) is 13.0 Å². The molecule has 192 valence electrons. The maximum Gasteiger partial charge on any atom is 0.305 e. The molecule has 0 spiro atoms. The average Bonchev–Trinajstić information content (AvgIpc) is 2.80. The van der Waals surface area contributed by atoms with Crippen LogP contribution in [0, 0.1) is 0 Å². The standard InChI is InChI=1S/C24H47IO7/c1-2-3-4-5-8-11-24(26)32-23-22-31-21-20-30-19-18-29-17-16-28-15-14-27-13-10-7-6-9-12-25/h2-23H2,1H3. The first-order chi connectivity index (χ1) is 15.8. The monoisotopic (exact) mass is 574 g/mol. The fraction of sp³-hybridized carbons (Fsp3) is 0.958. The zero-order chi connectivity index (χ0) is 23.4. The van der Waals surface area contributed by atoms with Crippen molar-refractivity contribution in [3.05, 3.63) is 0 Å². The van der Waals surface area contributed by atoms with Gasteiger partial charge in [-0.1, -0.05) is 68.0 Å². The predicted octanol–water partition coefficient (Wildman–Crippen LogP) is 4.97. The van der Waals surface area contributed by atoms with Gasteiger partial charge in [-0.2, -0.15) is 0 Å². The lowest BCUT2D eigenvalue weighted by molar-refractivity contribution is -0.145. The molecule has 0 amide bonds. The van der Waals surface area contributed by atoms with Gasteiger partial charge in [0.05, 0.1) is 59.5 Å². The van der Waals surface area contributed by atoms with E-state index in [9.17, 15) is 4.79 Å². The smallest absolute Gasteiger partial charge is 0.305 e. The third-order valence-corrected chi connectivity index (χ3v) is 5.40. The zero-order valence-corrected chi connectivity index (χ0v) is 22.4. The van der Waals surface area contributed by atoms with E-state index in [0.717, 1.165) is 25.9 Å². The quantitative estimate of drug-likeness (QED) is 0.0594. The van der Waals surface area contributed by atoms with Crippen molar-refractivity contribution in [2.75, 3.05) is 77.1 Å². The third kappa shape index (κ3) is 28.0. The van der Waals surface area contributed by atoms with Crippen LogP contribution in [0.2, 0.25) is 0 Å². The summed E-state index contributed by atoms with van der Waals surface area (Å²) < 4.78 is 33.7. The molecule has 8 heteroatoms. The number of hydrogen-bond donors (Lipinski definition) is 0. The van der Waals surface area contributed by atoms with Crippen LogP contribution in [0.25, 0.3) is 0 Å². The summed E-state index contributed by atoms with van der Waals surface area (Å²) >= 11 is 2.42. The molecule has 0 saturated carbocycles. The number of halogens is 1. The van der Waals surface area contributed by atoms with E-state index in [1.54, 1.807) is 0 Å². The Hall–Kier alpha value is -0.000000000000000222. The lowest BCUT2D eigenvalue weighted by atomic mass is 10.1. The number of unbranched alkanes of at least 4 members (excludes halogenated alkanes) is 7. The van der Waals surface area contributed by atoms with Crippen LogP contribution in [0.15, 0.2) is 0 Å². The van der Waals surface area contributed by atoms with E-state index >= 15 is 0 Å². The highest BCUT2D eigenvalue weighted by atomic mass is 127. The van der Waals surface area contributed by atoms with Crippen LogP contribution in [-0.2, 0) is 33.2 Å². The predicted molar refractivity (Wildman–Crippen MR) is 136 cm³/mol. The number of rotatable bonds is 27. The largest absolute Gasteiger partial charge is 0.463 e. The van der Waals surface area contributed by atoms with Gasteiger partial charge in [-0.05, 0) is 23.7 Å². The van der Waals surface area contributed by atoms with E-state index in [-0.39, 0.29) is 5.97 Å². The Kier molecular flexibility index (Phi) is 29.0. The highest BCUT2D eigenvalue weighted by molar-refractivity contribution is 14.1. The van der Waals surface area contributed by atoms with Gasteiger partial charge in [-0.25, -0.2) is 0 Å². The van der Waals surface area contributed by atoms with Crippen molar-refractivity contribution in [3.63, 3.8) is 0 Å². The molecule has 0 aromatic carbocycles. The van der Waals surface area contributed by atoms with Gasteiger partial charge in [0.15, 0.2) is 0 Å². The first-order valence-corrected chi connectivity index (χ1v) is 13.9. The van der Waals surface area contributed by atoms with Gasteiger partial charge in [0.2, 0.25) is 0 Å². The summed E-state index contributed by atoms with van der Waals surface area (Å²) in [6.07, 6.45) is 11.2. The summed E-state index contributed by atoms with van der Waals surface area (Å²) in [6, 6.07) is 0. The van der Waals surface area contributed by atoms with E-state index < -0.39 is 0 Å². The Labute approximate surface area is 209 Å². The normalized spacial score (nSPS) is 11.2. The summed E-state index contributed by atoms with van der Waals surface area (Å²) in [7, 11) is 0. The Morgan fingerprint density at radius 3 is 1.50 bits per heavy atom. The van der Waals surface area contributed by atoms with E-state index in [1.165, 1.54) is 43.0 Å². The number of carbonyl (C=O) groups excluding carboxylic acids is 1. The highest BCUT2D eigenvalue weighted by Gasteiger charge is 2.02. The molecule has 0 fully saturated rings. The second-order valence-corrected chi connectivity index (χ2v) is 8.63. The molecule has 0 radical (unpaired) electrons. The van der Waals surface area contributed by atoms with E-state index in [2.05, 4.69) is 29.5 Å². The molecule has 0 saturated heterocycles. The maximum atomic E-state index is 11.5. The summed E-state index contributed by atoms with van der Waals surface area (Å²) in [5.74, 6) is -0.132. The van der Waals surface area contributed by atoms with Crippen LogP contribution < -0.4 is 0 Å². The molecular formula is C24H47IO7. The summed E-state index contributed by atoms with van der Waals surface area (Å²) in [5, 5.41) is 0. The van der Waals surface area contributed by atoms with Crippen molar-refractivity contribution in [1.29, 1.82) is 0 Å². The molecule has 7 nitrogen and oxygen atoms in total. The Morgan fingerprint density at radius 2 is 0.969 bits per heavy atom. The second-order valence-electron chi connectivity index (χ2n) is 7.55. The zero-order valence-electron chi connectivity index (χ0n) is 20.3. The van der Waals surface area contributed by atoms with Gasteiger partial charge < -0.3 is 28.4 Å². The minimum Gasteiger partial charge on any atom is -0.463 e. The van der Waals surface area contributed by atoms with Crippen molar-refractivity contribution in [2.45, 2.75) is 71.1 Å². The molecule has 0 unspecified atom stereocenters. The number of alkyl halides is 1.